The average molecular weight is 280 g/mol. The fraction of sp³-hybridized carbons (Fsp3) is 0.533. The first-order valence-corrected chi connectivity index (χ1v) is 6.96. The molecule has 1 heterocycles. The van der Waals surface area contributed by atoms with Crippen molar-refractivity contribution in [2.24, 2.45) is 0 Å². The largest absolute Gasteiger partial charge is 0.481 e. The summed E-state index contributed by atoms with van der Waals surface area (Å²) in [6.45, 7) is 5.12. The van der Waals surface area contributed by atoms with Crippen LogP contribution in [-0.2, 0) is 4.79 Å². The van der Waals surface area contributed by atoms with E-state index in [9.17, 15) is 9.18 Å². The Labute approximate surface area is 119 Å². The van der Waals surface area contributed by atoms with Crippen LogP contribution in [0.2, 0.25) is 0 Å². The molecule has 2 rings (SSSR count). The van der Waals surface area contributed by atoms with Gasteiger partial charge in [-0.2, -0.15) is 0 Å². The van der Waals surface area contributed by atoms with Crippen molar-refractivity contribution in [2.75, 3.05) is 33.2 Å². The second kappa shape index (κ2) is 6.70. The summed E-state index contributed by atoms with van der Waals surface area (Å²) in [5, 5.41) is 0. The first kappa shape index (κ1) is 14.8. The highest BCUT2D eigenvalue weighted by atomic mass is 19.1. The van der Waals surface area contributed by atoms with Crippen molar-refractivity contribution < 1.29 is 13.9 Å². The number of hydrogen-bond donors (Lipinski definition) is 0. The Bertz CT molecular complexity index is 450. The number of likely N-dealkylation sites (N-methyl/N-ethyl adjacent to an activating group) is 1. The quantitative estimate of drug-likeness (QED) is 0.846. The van der Waals surface area contributed by atoms with Gasteiger partial charge < -0.3 is 14.5 Å². The van der Waals surface area contributed by atoms with Gasteiger partial charge in [0.05, 0.1) is 0 Å². The third kappa shape index (κ3) is 3.93. The van der Waals surface area contributed by atoms with Crippen LogP contribution in [0.25, 0.3) is 0 Å². The van der Waals surface area contributed by atoms with Crippen molar-refractivity contribution >= 4 is 5.91 Å². The van der Waals surface area contributed by atoms with Crippen LogP contribution in [-0.4, -0.2) is 55.0 Å². The fourth-order valence-corrected chi connectivity index (χ4v) is 2.29. The van der Waals surface area contributed by atoms with E-state index in [-0.39, 0.29) is 11.7 Å². The molecule has 1 aromatic rings. The molecule has 1 atom stereocenters. The molecule has 0 aliphatic carbocycles. The van der Waals surface area contributed by atoms with Gasteiger partial charge in [0.1, 0.15) is 11.6 Å². The van der Waals surface area contributed by atoms with Crippen LogP contribution in [0, 0.1) is 5.82 Å². The predicted octanol–water partition coefficient (Wildman–Crippen LogP) is 1.76. The molecule has 110 valence electrons. The second-order valence-electron chi connectivity index (χ2n) is 5.20. The molecule has 0 saturated carbocycles. The lowest BCUT2D eigenvalue weighted by Gasteiger charge is -2.24. The molecule has 1 aliphatic rings. The molecule has 0 radical (unpaired) electrons. The fourth-order valence-electron chi connectivity index (χ4n) is 2.29. The number of ether oxygens (including phenoxy) is 1. The summed E-state index contributed by atoms with van der Waals surface area (Å²) in [5.41, 5.74) is 0. The number of nitrogens with zero attached hydrogens (tertiary/aromatic N) is 2. The topological polar surface area (TPSA) is 32.8 Å². The highest BCUT2D eigenvalue weighted by Gasteiger charge is 2.23. The van der Waals surface area contributed by atoms with Crippen LogP contribution in [0.4, 0.5) is 4.39 Å². The summed E-state index contributed by atoms with van der Waals surface area (Å²) in [5.74, 6) is 0.190. The Hall–Kier alpha value is -1.62. The van der Waals surface area contributed by atoms with Crippen molar-refractivity contribution in [3.63, 3.8) is 0 Å². The van der Waals surface area contributed by atoms with Crippen LogP contribution >= 0.6 is 0 Å². The van der Waals surface area contributed by atoms with E-state index in [1.54, 1.807) is 6.92 Å². The summed E-state index contributed by atoms with van der Waals surface area (Å²) in [6.07, 6.45) is 0.426. The van der Waals surface area contributed by atoms with Crippen LogP contribution in [0.3, 0.4) is 0 Å². The first-order chi connectivity index (χ1) is 9.56. The van der Waals surface area contributed by atoms with Crippen molar-refractivity contribution in [1.82, 2.24) is 9.80 Å². The van der Waals surface area contributed by atoms with E-state index in [0.717, 1.165) is 32.6 Å². The molecule has 20 heavy (non-hydrogen) atoms. The number of halogens is 1. The molecule has 1 amide bonds. The zero-order valence-corrected chi connectivity index (χ0v) is 12.0. The van der Waals surface area contributed by atoms with Gasteiger partial charge in [0.15, 0.2) is 6.10 Å². The Balaban J connectivity index is 1.92. The van der Waals surface area contributed by atoms with Gasteiger partial charge in [-0.1, -0.05) is 0 Å². The SMILES string of the molecule is CC(Oc1ccc(F)cc1)C(=O)N1CCCN(C)CC1. The molecular formula is C15H21FN2O2. The van der Waals surface area contributed by atoms with Gasteiger partial charge in [0.2, 0.25) is 0 Å². The second-order valence-corrected chi connectivity index (χ2v) is 5.20. The molecule has 1 aromatic carbocycles. The number of rotatable bonds is 3. The monoisotopic (exact) mass is 280 g/mol. The maximum absolute atomic E-state index is 12.8. The summed E-state index contributed by atoms with van der Waals surface area (Å²) >= 11 is 0. The van der Waals surface area contributed by atoms with Gasteiger partial charge in [-0.15, -0.1) is 0 Å². The number of hydrogen-bond acceptors (Lipinski definition) is 3. The van der Waals surface area contributed by atoms with E-state index in [4.69, 9.17) is 4.74 Å². The van der Waals surface area contributed by atoms with E-state index < -0.39 is 6.10 Å². The summed E-state index contributed by atoms with van der Waals surface area (Å²) in [4.78, 5) is 16.4. The minimum absolute atomic E-state index is 0.00961. The maximum Gasteiger partial charge on any atom is 0.263 e. The lowest BCUT2D eigenvalue weighted by Crippen LogP contribution is -2.42. The molecule has 5 heteroatoms. The normalized spacial score (nSPS) is 18.4. The van der Waals surface area contributed by atoms with Crippen molar-refractivity contribution in [3.05, 3.63) is 30.1 Å². The average Bonchev–Trinajstić information content (AvgIpc) is 2.65. The van der Waals surface area contributed by atoms with Crippen LogP contribution < -0.4 is 4.74 Å². The van der Waals surface area contributed by atoms with E-state index in [2.05, 4.69) is 11.9 Å². The molecule has 0 bridgehead atoms. The van der Waals surface area contributed by atoms with Crippen LogP contribution in [0.15, 0.2) is 24.3 Å². The number of carbonyl (C=O) groups is 1. The Morgan fingerprint density at radius 1 is 1.20 bits per heavy atom. The maximum atomic E-state index is 12.8. The van der Waals surface area contributed by atoms with Crippen molar-refractivity contribution in [3.8, 4) is 5.75 Å². The van der Waals surface area contributed by atoms with E-state index in [0.29, 0.717) is 5.75 Å². The minimum atomic E-state index is -0.552. The molecule has 4 nitrogen and oxygen atoms in total. The first-order valence-electron chi connectivity index (χ1n) is 6.96. The molecular weight excluding hydrogens is 259 g/mol. The van der Waals surface area contributed by atoms with Crippen molar-refractivity contribution in [1.29, 1.82) is 0 Å². The zero-order chi connectivity index (χ0) is 14.5. The van der Waals surface area contributed by atoms with Gasteiger partial charge in [0.25, 0.3) is 5.91 Å². The van der Waals surface area contributed by atoms with Gasteiger partial charge >= 0.3 is 0 Å². The third-order valence-corrected chi connectivity index (χ3v) is 3.51. The third-order valence-electron chi connectivity index (χ3n) is 3.51. The molecule has 1 saturated heterocycles. The van der Waals surface area contributed by atoms with Crippen LogP contribution in [0.1, 0.15) is 13.3 Å². The number of amides is 1. The molecule has 1 fully saturated rings. The highest BCUT2D eigenvalue weighted by Crippen LogP contribution is 2.14. The summed E-state index contributed by atoms with van der Waals surface area (Å²) in [6, 6.07) is 5.73. The van der Waals surface area contributed by atoms with Gasteiger partial charge in [-0.25, -0.2) is 4.39 Å². The molecule has 0 aromatic heterocycles. The predicted molar refractivity (Wildman–Crippen MR) is 75.2 cm³/mol. The minimum Gasteiger partial charge on any atom is -0.481 e. The summed E-state index contributed by atoms with van der Waals surface area (Å²) in [7, 11) is 2.06. The number of carbonyl (C=O) groups excluding carboxylic acids is 1. The smallest absolute Gasteiger partial charge is 0.263 e. The standard InChI is InChI=1S/C15H21FN2O2/c1-12(20-14-6-4-13(16)5-7-14)15(19)18-9-3-8-17(2)10-11-18/h4-7,12H,3,8-11H2,1-2H3. The van der Waals surface area contributed by atoms with E-state index in [1.807, 2.05) is 4.90 Å². The Kier molecular flexibility index (Phi) is 4.95. The van der Waals surface area contributed by atoms with Crippen LogP contribution in [0.5, 0.6) is 5.75 Å². The van der Waals surface area contributed by atoms with Gasteiger partial charge in [-0.05, 0) is 51.2 Å². The Morgan fingerprint density at radius 3 is 2.60 bits per heavy atom. The molecule has 0 N–H and O–H groups in total. The highest BCUT2D eigenvalue weighted by molar-refractivity contribution is 5.80. The van der Waals surface area contributed by atoms with E-state index >= 15 is 0 Å². The zero-order valence-electron chi connectivity index (χ0n) is 12.0. The van der Waals surface area contributed by atoms with Gasteiger partial charge in [0, 0.05) is 19.6 Å². The van der Waals surface area contributed by atoms with E-state index in [1.165, 1.54) is 24.3 Å². The lowest BCUT2D eigenvalue weighted by molar-refractivity contribution is -0.137. The lowest BCUT2D eigenvalue weighted by atomic mass is 10.3. The molecule has 1 aliphatic heterocycles. The van der Waals surface area contributed by atoms with Gasteiger partial charge in [-0.3, -0.25) is 4.79 Å². The number of benzene rings is 1. The summed E-state index contributed by atoms with van der Waals surface area (Å²) < 4.78 is 18.4. The van der Waals surface area contributed by atoms with Crippen molar-refractivity contribution in [2.45, 2.75) is 19.4 Å². The molecule has 1 unspecified atom stereocenters. The Morgan fingerprint density at radius 2 is 1.90 bits per heavy atom. The molecule has 0 spiro atoms.